The van der Waals surface area contributed by atoms with Crippen LogP contribution in [0.1, 0.15) is 18.4 Å². The number of nitrogens with two attached hydrogens (primary N) is 1. The molecular formula is C22H22N6O. The number of benzene rings is 1. The van der Waals surface area contributed by atoms with Crippen molar-refractivity contribution in [3.8, 4) is 0 Å². The van der Waals surface area contributed by atoms with Crippen LogP contribution in [0.15, 0.2) is 71.3 Å². The molecule has 2 atom stereocenters. The SMILES string of the molecule is C=CC(=O)N[C@@H]1CCC2=C(c3cnc4ccccc4c3)C3=C(N)NC=NC3N2C1. The summed E-state index contributed by atoms with van der Waals surface area (Å²) in [6.45, 7) is 4.23. The van der Waals surface area contributed by atoms with Crippen LogP contribution in [0, 0.1) is 0 Å². The van der Waals surface area contributed by atoms with Crippen molar-refractivity contribution in [2.24, 2.45) is 10.7 Å². The van der Waals surface area contributed by atoms with E-state index < -0.39 is 0 Å². The van der Waals surface area contributed by atoms with Gasteiger partial charge in [0.25, 0.3) is 0 Å². The first-order chi connectivity index (χ1) is 14.2. The van der Waals surface area contributed by atoms with Gasteiger partial charge >= 0.3 is 0 Å². The van der Waals surface area contributed by atoms with Gasteiger partial charge in [-0.05, 0) is 31.1 Å². The lowest BCUT2D eigenvalue weighted by Gasteiger charge is -2.36. The molecule has 1 saturated heterocycles. The van der Waals surface area contributed by atoms with Gasteiger partial charge in [0.2, 0.25) is 5.91 Å². The molecule has 7 heteroatoms. The summed E-state index contributed by atoms with van der Waals surface area (Å²) in [4.78, 5) is 23.3. The summed E-state index contributed by atoms with van der Waals surface area (Å²) in [6.07, 6.45) is 6.37. The number of carbonyl (C=O) groups excluding carboxylic acids is 1. The highest BCUT2D eigenvalue weighted by Gasteiger charge is 2.42. The second kappa shape index (κ2) is 6.77. The molecule has 146 valence electrons. The molecule has 4 heterocycles. The van der Waals surface area contributed by atoms with E-state index >= 15 is 0 Å². The number of aromatic nitrogens is 1. The molecule has 2 aromatic rings. The molecule has 1 amide bonds. The second-order valence-electron chi connectivity index (χ2n) is 7.46. The molecule has 1 aromatic carbocycles. The maximum atomic E-state index is 11.8. The highest BCUT2D eigenvalue weighted by atomic mass is 16.1. The Labute approximate surface area is 168 Å². The third-order valence-corrected chi connectivity index (χ3v) is 5.74. The number of rotatable bonds is 3. The average molecular weight is 386 g/mol. The molecular weight excluding hydrogens is 364 g/mol. The van der Waals surface area contributed by atoms with Crippen molar-refractivity contribution in [2.75, 3.05) is 6.54 Å². The fourth-order valence-corrected chi connectivity index (χ4v) is 4.44. The summed E-state index contributed by atoms with van der Waals surface area (Å²) in [5, 5.41) is 7.16. The van der Waals surface area contributed by atoms with Crippen molar-refractivity contribution in [3.63, 3.8) is 0 Å². The topological polar surface area (TPSA) is 95.6 Å². The van der Waals surface area contributed by atoms with E-state index in [1.807, 2.05) is 24.4 Å². The van der Waals surface area contributed by atoms with Gasteiger partial charge in [-0.15, -0.1) is 0 Å². The Bertz CT molecular complexity index is 1120. The smallest absolute Gasteiger partial charge is 0.243 e. The number of piperidine rings is 1. The summed E-state index contributed by atoms with van der Waals surface area (Å²) in [5.41, 5.74) is 11.7. The zero-order chi connectivity index (χ0) is 20.0. The lowest BCUT2D eigenvalue weighted by Crippen LogP contribution is -2.48. The van der Waals surface area contributed by atoms with Crippen molar-refractivity contribution in [1.29, 1.82) is 0 Å². The Morgan fingerprint density at radius 2 is 2.24 bits per heavy atom. The molecule has 1 fully saturated rings. The molecule has 0 radical (unpaired) electrons. The fraction of sp³-hybridized carbons (Fsp3) is 0.227. The van der Waals surface area contributed by atoms with Gasteiger partial charge in [-0.3, -0.25) is 9.78 Å². The van der Waals surface area contributed by atoms with Gasteiger partial charge in [0.15, 0.2) is 6.17 Å². The maximum absolute atomic E-state index is 11.8. The van der Waals surface area contributed by atoms with Crippen molar-refractivity contribution < 1.29 is 4.79 Å². The van der Waals surface area contributed by atoms with Crippen LogP contribution in [-0.4, -0.2) is 40.9 Å². The number of nitrogens with one attached hydrogen (secondary N) is 2. The van der Waals surface area contributed by atoms with Crippen LogP contribution < -0.4 is 16.4 Å². The largest absolute Gasteiger partial charge is 0.385 e. The Hall–Kier alpha value is -3.61. The summed E-state index contributed by atoms with van der Waals surface area (Å²) in [6, 6.07) is 10.3. The summed E-state index contributed by atoms with van der Waals surface area (Å²) >= 11 is 0. The Kier molecular flexibility index (Phi) is 4.08. The molecule has 0 aliphatic carbocycles. The number of allylic oxidation sites excluding steroid dienone is 1. The van der Waals surface area contributed by atoms with Crippen LogP contribution in [0.3, 0.4) is 0 Å². The van der Waals surface area contributed by atoms with Gasteiger partial charge < -0.3 is 21.3 Å². The van der Waals surface area contributed by atoms with Crippen LogP contribution in [0.2, 0.25) is 0 Å². The van der Waals surface area contributed by atoms with E-state index in [1.54, 1.807) is 6.34 Å². The van der Waals surface area contributed by atoms with Crippen molar-refractivity contribution in [1.82, 2.24) is 20.5 Å². The molecule has 29 heavy (non-hydrogen) atoms. The normalized spacial score (nSPS) is 23.0. The number of hydrogen-bond acceptors (Lipinski definition) is 6. The van der Waals surface area contributed by atoms with E-state index in [-0.39, 0.29) is 18.1 Å². The van der Waals surface area contributed by atoms with Gasteiger partial charge in [0.1, 0.15) is 5.82 Å². The first-order valence-electron chi connectivity index (χ1n) is 9.72. The summed E-state index contributed by atoms with van der Waals surface area (Å²) in [5.74, 6) is 0.464. The van der Waals surface area contributed by atoms with Gasteiger partial charge in [-0.25, -0.2) is 4.99 Å². The standard InChI is InChI=1S/C22H22N6O/c1-2-18(29)27-15-7-8-17-19(14-9-13-5-3-4-6-16(13)24-10-14)20-21(23)25-12-26-22(20)28(17)11-15/h2-6,9-10,12,15,22H,1,7-8,11,23H2,(H,25,26)(H,27,29)/t15-,22?/m1/s1. The van der Waals surface area contributed by atoms with E-state index in [0.29, 0.717) is 12.4 Å². The van der Waals surface area contributed by atoms with E-state index in [0.717, 1.165) is 40.5 Å². The zero-order valence-corrected chi connectivity index (χ0v) is 15.9. The quantitative estimate of drug-likeness (QED) is 0.700. The molecule has 3 aliphatic rings. The van der Waals surface area contributed by atoms with Crippen molar-refractivity contribution >= 4 is 28.7 Å². The first kappa shape index (κ1) is 17.5. The van der Waals surface area contributed by atoms with Crippen molar-refractivity contribution in [3.05, 3.63) is 71.8 Å². The molecule has 0 saturated carbocycles. The highest BCUT2D eigenvalue weighted by Crippen LogP contribution is 2.45. The summed E-state index contributed by atoms with van der Waals surface area (Å²) in [7, 11) is 0. The zero-order valence-electron chi connectivity index (χ0n) is 15.9. The van der Waals surface area contributed by atoms with Crippen LogP contribution in [0.5, 0.6) is 0 Å². The van der Waals surface area contributed by atoms with Gasteiger partial charge in [0.05, 0.1) is 11.9 Å². The Morgan fingerprint density at radius 1 is 1.38 bits per heavy atom. The number of hydrogen-bond donors (Lipinski definition) is 3. The summed E-state index contributed by atoms with van der Waals surface area (Å²) < 4.78 is 0. The maximum Gasteiger partial charge on any atom is 0.243 e. The highest BCUT2D eigenvalue weighted by molar-refractivity contribution is 5.91. The van der Waals surface area contributed by atoms with E-state index in [4.69, 9.17) is 5.73 Å². The third-order valence-electron chi connectivity index (χ3n) is 5.74. The van der Waals surface area contributed by atoms with Gasteiger partial charge in [-0.1, -0.05) is 24.8 Å². The van der Waals surface area contributed by atoms with Gasteiger partial charge in [-0.2, -0.15) is 0 Å². The lowest BCUT2D eigenvalue weighted by molar-refractivity contribution is -0.117. The minimum absolute atomic E-state index is 0.0471. The number of aliphatic imine (C=N–C) groups is 1. The molecule has 1 unspecified atom stereocenters. The second-order valence-corrected chi connectivity index (χ2v) is 7.46. The number of pyridine rings is 1. The van der Waals surface area contributed by atoms with Crippen LogP contribution >= 0.6 is 0 Å². The molecule has 4 N–H and O–H groups in total. The number of para-hydroxylation sites is 1. The Balaban J connectivity index is 1.59. The minimum Gasteiger partial charge on any atom is -0.385 e. The van der Waals surface area contributed by atoms with Crippen LogP contribution in [0.4, 0.5) is 0 Å². The van der Waals surface area contributed by atoms with Crippen molar-refractivity contribution in [2.45, 2.75) is 25.0 Å². The molecule has 1 aromatic heterocycles. The molecule has 5 rings (SSSR count). The molecule has 0 bridgehead atoms. The predicted molar refractivity (Wildman–Crippen MR) is 113 cm³/mol. The molecule has 3 aliphatic heterocycles. The average Bonchev–Trinajstić information content (AvgIpc) is 3.08. The van der Waals surface area contributed by atoms with E-state index in [1.165, 1.54) is 11.8 Å². The minimum atomic E-state index is -0.184. The van der Waals surface area contributed by atoms with Gasteiger partial charge in [0, 0.05) is 46.6 Å². The molecule has 7 nitrogen and oxygen atoms in total. The third kappa shape index (κ3) is 2.86. The number of nitrogens with zero attached hydrogens (tertiary/aromatic N) is 3. The van der Waals surface area contributed by atoms with Crippen LogP contribution in [-0.2, 0) is 4.79 Å². The Morgan fingerprint density at radius 3 is 3.10 bits per heavy atom. The van der Waals surface area contributed by atoms with Crippen LogP contribution in [0.25, 0.3) is 16.5 Å². The fourth-order valence-electron chi connectivity index (χ4n) is 4.44. The monoisotopic (exact) mass is 386 g/mol. The van der Waals surface area contributed by atoms with E-state index in [2.05, 4.69) is 44.2 Å². The van der Waals surface area contributed by atoms with E-state index in [9.17, 15) is 4.79 Å². The number of fused-ring (bicyclic) bond motifs is 4. The molecule has 0 spiro atoms. The number of carbonyl (C=O) groups is 1. The number of amides is 1. The first-order valence-corrected chi connectivity index (χ1v) is 9.72. The predicted octanol–water partition coefficient (Wildman–Crippen LogP) is 1.85. The lowest BCUT2D eigenvalue weighted by atomic mass is 9.94.